The van der Waals surface area contributed by atoms with E-state index in [9.17, 15) is 4.79 Å². The summed E-state index contributed by atoms with van der Waals surface area (Å²) >= 11 is 5.87. The zero-order chi connectivity index (χ0) is 13.7. The molecule has 0 aliphatic heterocycles. The number of amides is 1. The molecule has 3 nitrogen and oxygen atoms in total. The highest BCUT2D eigenvalue weighted by Crippen LogP contribution is 2.15. The van der Waals surface area contributed by atoms with Gasteiger partial charge in [0.1, 0.15) is 6.04 Å². The summed E-state index contributed by atoms with van der Waals surface area (Å²) in [6.45, 7) is 1.81. The summed E-state index contributed by atoms with van der Waals surface area (Å²) in [6.07, 6.45) is 0. The smallest absolute Gasteiger partial charge is 0.246 e. The summed E-state index contributed by atoms with van der Waals surface area (Å²) < 4.78 is 0. The second kappa shape index (κ2) is 6.25. The number of carbonyl (C=O) groups excluding carboxylic acids is 1. The van der Waals surface area contributed by atoms with Crippen LogP contribution in [0.3, 0.4) is 0 Å². The molecule has 0 radical (unpaired) electrons. The molecule has 1 amide bonds. The monoisotopic (exact) mass is 274 g/mol. The van der Waals surface area contributed by atoms with Gasteiger partial charge >= 0.3 is 0 Å². The Labute approximate surface area is 117 Å². The zero-order valence-corrected chi connectivity index (χ0v) is 11.3. The number of nitrogens with one attached hydrogen (secondary N) is 2. The Kier molecular flexibility index (Phi) is 4.42. The largest absolute Gasteiger partial charge is 0.374 e. The van der Waals surface area contributed by atoms with Crippen molar-refractivity contribution in [2.24, 2.45) is 0 Å². The Balaban J connectivity index is 1.96. The van der Waals surface area contributed by atoms with Crippen molar-refractivity contribution < 1.29 is 4.79 Å². The van der Waals surface area contributed by atoms with Crippen molar-refractivity contribution >= 4 is 28.9 Å². The normalized spacial score (nSPS) is 11.7. The molecule has 0 saturated carbocycles. The van der Waals surface area contributed by atoms with E-state index in [2.05, 4.69) is 10.6 Å². The molecule has 0 saturated heterocycles. The van der Waals surface area contributed by atoms with Crippen molar-refractivity contribution in [3.63, 3.8) is 0 Å². The van der Waals surface area contributed by atoms with E-state index in [4.69, 9.17) is 11.6 Å². The Bertz CT molecular complexity index is 557. The van der Waals surface area contributed by atoms with Gasteiger partial charge in [0, 0.05) is 16.4 Å². The first-order valence-corrected chi connectivity index (χ1v) is 6.41. The van der Waals surface area contributed by atoms with Crippen molar-refractivity contribution in [3.8, 4) is 0 Å². The third kappa shape index (κ3) is 4.00. The van der Waals surface area contributed by atoms with Gasteiger partial charge in [0.05, 0.1) is 0 Å². The van der Waals surface area contributed by atoms with Crippen LogP contribution in [0.1, 0.15) is 6.92 Å². The highest BCUT2D eigenvalue weighted by Gasteiger charge is 2.12. The summed E-state index contributed by atoms with van der Waals surface area (Å²) in [4.78, 5) is 12.0. The number of halogens is 1. The van der Waals surface area contributed by atoms with E-state index in [-0.39, 0.29) is 11.9 Å². The fraction of sp³-hybridized carbons (Fsp3) is 0.133. The van der Waals surface area contributed by atoms with E-state index in [0.29, 0.717) is 10.7 Å². The van der Waals surface area contributed by atoms with E-state index < -0.39 is 0 Å². The maximum atomic E-state index is 12.0. The minimum Gasteiger partial charge on any atom is -0.374 e. The topological polar surface area (TPSA) is 41.1 Å². The molecule has 2 N–H and O–H groups in total. The molecule has 2 aromatic carbocycles. The first kappa shape index (κ1) is 13.4. The molecule has 0 bridgehead atoms. The van der Waals surface area contributed by atoms with Gasteiger partial charge in [-0.1, -0.05) is 35.9 Å². The summed E-state index contributed by atoms with van der Waals surface area (Å²) in [5, 5.41) is 6.55. The van der Waals surface area contributed by atoms with Gasteiger partial charge in [-0.25, -0.2) is 0 Å². The average Bonchev–Trinajstić information content (AvgIpc) is 2.40. The van der Waals surface area contributed by atoms with Gasteiger partial charge in [-0.15, -0.1) is 0 Å². The lowest BCUT2D eigenvalue weighted by Gasteiger charge is -2.15. The fourth-order valence-corrected chi connectivity index (χ4v) is 1.86. The molecule has 98 valence electrons. The lowest BCUT2D eigenvalue weighted by Crippen LogP contribution is -2.31. The molecule has 0 aliphatic rings. The van der Waals surface area contributed by atoms with Crippen LogP contribution in [0.4, 0.5) is 11.4 Å². The zero-order valence-electron chi connectivity index (χ0n) is 10.6. The predicted molar refractivity (Wildman–Crippen MR) is 79.6 cm³/mol. The SMILES string of the molecule is CC(Nc1ccccc1)C(=O)Nc1cccc(Cl)c1. The molecular formula is C15H15ClN2O. The molecule has 1 unspecified atom stereocenters. The molecule has 1 atom stereocenters. The lowest BCUT2D eigenvalue weighted by atomic mass is 10.2. The van der Waals surface area contributed by atoms with Gasteiger partial charge in [-0.3, -0.25) is 4.79 Å². The summed E-state index contributed by atoms with van der Waals surface area (Å²) in [7, 11) is 0. The molecule has 19 heavy (non-hydrogen) atoms. The highest BCUT2D eigenvalue weighted by atomic mass is 35.5. The summed E-state index contributed by atoms with van der Waals surface area (Å²) in [6, 6.07) is 16.4. The van der Waals surface area contributed by atoms with Crippen molar-refractivity contribution in [3.05, 3.63) is 59.6 Å². The molecule has 0 spiro atoms. The van der Waals surface area contributed by atoms with Gasteiger partial charge in [-0.05, 0) is 37.3 Å². The molecular weight excluding hydrogens is 260 g/mol. The Morgan fingerprint density at radius 3 is 2.42 bits per heavy atom. The second-order valence-corrected chi connectivity index (χ2v) is 4.67. The van der Waals surface area contributed by atoms with Crippen molar-refractivity contribution in [1.82, 2.24) is 0 Å². The van der Waals surface area contributed by atoms with Gasteiger partial charge in [0.2, 0.25) is 5.91 Å². The molecule has 0 aliphatic carbocycles. The maximum Gasteiger partial charge on any atom is 0.246 e. The fourth-order valence-electron chi connectivity index (χ4n) is 1.67. The Hall–Kier alpha value is -2.00. The van der Waals surface area contributed by atoms with Gasteiger partial charge in [-0.2, -0.15) is 0 Å². The van der Waals surface area contributed by atoms with Crippen molar-refractivity contribution in [2.45, 2.75) is 13.0 Å². The van der Waals surface area contributed by atoms with Crippen LogP contribution in [0.25, 0.3) is 0 Å². The van der Waals surface area contributed by atoms with E-state index >= 15 is 0 Å². The molecule has 0 heterocycles. The van der Waals surface area contributed by atoms with E-state index in [1.54, 1.807) is 24.3 Å². The number of rotatable bonds is 4. The molecule has 0 fully saturated rings. The minimum absolute atomic E-state index is 0.105. The van der Waals surface area contributed by atoms with Crippen LogP contribution in [0, 0.1) is 0 Å². The third-order valence-corrected chi connectivity index (χ3v) is 2.88. The number of hydrogen-bond acceptors (Lipinski definition) is 2. The summed E-state index contributed by atoms with van der Waals surface area (Å²) in [5.41, 5.74) is 1.61. The molecule has 4 heteroatoms. The number of anilines is 2. The van der Waals surface area contributed by atoms with Crippen molar-refractivity contribution in [2.75, 3.05) is 10.6 Å². The van der Waals surface area contributed by atoms with Gasteiger partial charge in [0.15, 0.2) is 0 Å². The first-order valence-electron chi connectivity index (χ1n) is 6.03. The van der Waals surface area contributed by atoms with Crippen LogP contribution in [-0.2, 0) is 4.79 Å². The van der Waals surface area contributed by atoms with E-state index in [1.807, 2.05) is 37.3 Å². The molecule has 0 aromatic heterocycles. The molecule has 2 rings (SSSR count). The standard InChI is InChI=1S/C15H15ClN2O/c1-11(17-13-7-3-2-4-8-13)15(19)18-14-9-5-6-12(16)10-14/h2-11,17H,1H3,(H,18,19). The number of benzene rings is 2. The van der Waals surface area contributed by atoms with Crippen LogP contribution < -0.4 is 10.6 Å². The van der Waals surface area contributed by atoms with E-state index in [1.165, 1.54) is 0 Å². The minimum atomic E-state index is -0.332. The van der Waals surface area contributed by atoms with Crippen LogP contribution in [0.15, 0.2) is 54.6 Å². The maximum absolute atomic E-state index is 12.0. The Morgan fingerprint density at radius 1 is 1.05 bits per heavy atom. The summed E-state index contributed by atoms with van der Waals surface area (Å²) in [5.74, 6) is -0.105. The van der Waals surface area contributed by atoms with Crippen LogP contribution in [0.5, 0.6) is 0 Å². The number of carbonyl (C=O) groups is 1. The van der Waals surface area contributed by atoms with Gasteiger partial charge in [0.25, 0.3) is 0 Å². The lowest BCUT2D eigenvalue weighted by molar-refractivity contribution is -0.116. The van der Waals surface area contributed by atoms with Crippen molar-refractivity contribution in [1.29, 1.82) is 0 Å². The predicted octanol–water partition coefficient (Wildman–Crippen LogP) is 3.78. The van der Waals surface area contributed by atoms with E-state index in [0.717, 1.165) is 5.69 Å². The third-order valence-electron chi connectivity index (χ3n) is 2.64. The highest BCUT2D eigenvalue weighted by molar-refractivity contribution is 6.30. The molecule has 2 aromatic rings. The number of hydrogen-bond donors (Lipinski definition) is 2. The van der Waals surface area contributed by atoms with Crippen LogP contribution in [0.2, 0.25) is 5.02 Å². The first-order chi connectivity index (χ1) is 9.15. The van der Waals surface area contributed by atoms with Gasteiger partial charge < -0.3 is 10.6 Å². The average molecular weight is 275 g/mol. The van der Waals surface area contributed by atoms with Crippen LogP contribution >= 0.6 is 11.6 Å². The second-order valence-electron chi connectivity index (χ2n) is 4.23. The quantitative estimate of drug-likeness (QED) is 0.891. The number of para-hydroxylation sites is 1. The van der Waals surface area contributed by atoms with Crippen LogP contribution in [-0.4, -0.2) is 11.9 Å². The Morgan fingerprint density at radius 2 is 1.74 bits per heavy atom.